The number of fused-ring (bicyclic) bond motifs is 1. The number of ether oxygens (including phenoxy) is 2. The molecule has 7 nitrogen and oxygen atoms in total. The van der Waals surface area contributed by atoms with Gasteiger partial charge in [-0.25, -0.2) is 13.6 Å². The third-order valence-electron chi connectivity index (χ3n) is 6.91. The van der Waals surface area contributed by atoms with Crippen LogP contribution in [0.1, 0.15) is 31.2 Å². The highest BCUT2D eigenvalue weighted by atomic mass is 19.2. The number of hydrogen-bond acceptors (Lipinski definition) is 4. The highest BCUT2D eigenvalue weighted by molar-refractivity contribution is 5.89. The molecule has 33 heavy (non-hydrogen) atoms. The molecule has 3 atom stereocenters. The molecule has 1 saturated heterocycles. The molecule has 176 valence electrons. The summed E-state index contributed by atoms with van der Waals surface area (Å²) in [7, 11) is 3.18. The molecule has 3 amide bonds. The molecule has 1 aliphatic carbocycles. The SMILES string of the molecule is COc1ccc([C@@]23CC[C@@H](NC(=O)Nc4ccc(F)c(F)c4)C[C@@H]2N(C=O)CC3)cc1OC. The molecular weight excluding hydrogens is 432 g/mol. The van der Waals surface area contributed by atoms with Crippen molar-refractivity contribution in [1.29, 1.82) is 0 Å². The number of benzene rings is 2. The zero-order chi connectivity index (χ0) is 23.6. The average molecular weight is 459 g/mol. The van der Waals surface area contributed by atoms with Crippen molar-refractivity contribution >= 4 is 18.1 Å². The lowest BCUT2D eigenvalue weighted by Gasteiger charge is -2.44. The maximum atomic E-state index is 13.4. The van der Waals surface area contributed by atoms with E-state index in [9.17, 15) is 18.4 Å². The van der Waals surface area contributed by atoms with Crippen molar-refractivity contribution in [2.45, 2.75) is 43.2 Å². The largest absolute Gasteiger partial charge is 0.493 e. The van der Waals surface area contributed by atoms with Gasteiger partial charge < -0.3 is 25.0 Å². The van der Waals surface area contributed by atoms with Crippen LogP contribution in [0.4, 0.5) is 19.3 Å². The number of methoxy groups -OCH3 is 2. The first-order valence-corrected chi connectivity index (χ1v) is 10.9. The van der Waals surface area contributed by atoms with Gasteiger partial charge >= 0.3 is 6.03 Å². The Morgan fingerprint density at radius 2 is 1.88 bits per heavy atom. The summed E-state index contributed by atoms with van der Waals surface area (Å²) in [6.07, 6.45) is 3.76. The number of rotatable bonds is 6. The third-order valence-corrected chi connectivity index (χ3v) is 6.91. The van der Waals surface area contributed by atoms with E-state index in [2.05, 4.69) is 10.6 Å². The molecule has 2 N–H and O–H groups in total. The van der Waals surface area contributed by atoms with Gasteiger partial charge in [-0.05, 0) is 55.5 Å². The van der Waals surface area contributed by atoms with E-state index in [0.717, 1.165) is 36.9 Å². The number of anilines is 1. The van der Waals surface area contributed by atoms with Gasteiger partial charge in [0, 0.05) is 35.8 Å². The standard InChI is InChI=1S/C24H27F2N3O4/c1-32-20-6-3-15(11-21(20)33-2)24-8-7-17(13-22(24)29(14-30)10-9-24)28-23(31)27-16-4-5-18(25)19(26)12-16/h3-6,11-12,14,17,22H,7-10,13H2,1-2H3,(H2,27,28,31)/t17-,22+,24+/m1/s1. The minimum atomic E-state index is -1.03. The molecule has 0 aromatic heterocycles. The summed E-state index contributed by atoms with van der Waals surface area (Å²) in [6.45, 7) is 0.635. The van der Waals surface area contributed by atoms with E-state index in [1.807, 2.05) is 18.2 Å². The zero-order valence-electron chi connectivity index (χ0n) is 18.6. The van der Waals surface area contributed by atoms with Gasteiger partial charge in [0.15, 0.2) is 23.1 Å². The predicted octanol–water partition coefficient (Wildman–Crippen LogP) is 3.82. The first kappa shape index (κ1) is 22.8. The molecular formula is C24H27F2N3O4. The van der Waals surface area contributed by atoms with Crippen LogP contribution in [-0.4, -0.2) is 50.2 Å². The van der Waals surface area contributed by atoms with E-state index in [1.54, 1.807) is 19.1 Å². The maximum absolute atomic E-state index is 13.4. The number of nitrogens with zero attached hydrogens (tertiary/aromatic N) is 1. The molecule has 0 unspecified atom stereocenters. The fraction of sp³-hybridized carbons (Fsp3) is 0.417. The first-order valence-electron chi connectivity index (χ1n) is 10.9. The molecule has 0 bridgehead atoms. The van der Waals surface area contributed by atoms with Gasteiger partial charge in [0.1, 0.15) is 0 Å². The molecule has 1 aliphatic heterocycles. The Balaban J connectivity index is 1.50. The smallest absolute Gasteiger partial charge is 0.319 e. The van der Waals surface area contributed by atoms with E-state index in [1.165, 1.54) is 6.07 Å². The Hall–Kier alpha value is -3.36. The first-order chi connectivity index (χ1) is 15.9. The normalized spacial score (nSPS) is 24.1. The summed E-state index contributed by atoms with van der Waals surface area (Å²) in [5, 5.41) is 5.46. The molecule has 2 fully saturated rings. The number of amides is 3. The van der Waals surface area contributed by atoms with Crippen LogP contribution in [-0.2, 0) is 10.2 Å². The number of urea groups is 1. The second-order valence-electron chi connectivity index (χ2n) is 8.53. The Labute approximate surface area is 191 Å². The van der Waals surface area contributed by atoms with E-state index in [0.29, 0.717) is 30.9 Å². The highest BCUT2D eigenvalue weighted by Crippen LogP contribution is 2.50. The van der Waals surface area contributed by atoms with E-state index in [4.69, 9.17) is 9.47 Å². The fourth-order valence-electron chi connectivity index (χ4n) is 5.25. The van der Waals surface area contributed by atoms with Crippen LogP contribution in [0.3, 0.4) is 0 Å². The van der Waals surface area contributed by atoms with E-state index < -0.39 is 17.7 Å². The lowest BCUT2D eigenvalue weighted by molar-refractivity contribution is -0.119. The highest BCUT2D eigenvalue weighted by Gasteiger charge is 2.51. The van der Waals surface area contributed by atoms with Gasteiger partial charge in [-0.2, -0.15) is 0 Å². The molecule has 1 heterocycles. The minimum Gasteiger partial charge on any atom is -0.493 e. The summed E-state index contributed by atoms with van der Waals surface area (Å²) in [5.74, 6) is -0.727. The van der Waals surface area contributed by atoms with E-state index >= 15 is 0 Å². The number of hydrogen-bond donors (Lipinski definition) is 2. The lowest BCUT2D eigenvalue weighted by Crippen LogP contribution is -2.52. The fourth-order valence-corrected chi connectivity index (χ4v) is 5.25. The minimum absolute atomic E-state index is 0.0876. The molecule has 2 aromatic carbocycles. The van der Waals surface area contributed by atoms with Crippen molar-refractivity contribution in [1.82, 2.24) is 10.2 Å². The number of likely N-dealkylation sites (tertiary alicyclic amines) is 1. The molecule has 4 rings (SSSR count). The summed E-state index contributed by atoms with van der Waals surface area (Å²) in [6, 6.07) is 8.31. The van der Waals surface area contributed by atoms with Crippen molar-refractivity contribution < 1.29 is 27.8 Å². The van der Waals surface area contributed by atoms with Gasteiger partial charge in [0.05, 0.1) is 14.2 Å². The summed E-state index contributed by atoms with van der Waals surface area (Å²) in [4.78, 5) is 26.1. The van der Waals surface area contributed by atoms with Crippen molar-refractivity contribution in [3.8, 4) is 11.5 Å². The number of carbonyl (C=O) groups is 2. The molecule has 2 aromatic rings. The number of halogens is 2. The van der Waals surface area contributed by atoms with Gasteiger partial charge in [-0.3, -0.25) is 4.79 Å². The average Bonchev–Trinajstić information content (AvgIpc) is 3.20. The predicted molar refractivity (Wildman–Crippen MR) is 119 cm³/mol. The van der Waals surface area contributed by atoms with Crippen LogP contribution in [0, 0.1) is 11.6 Å². The van der Waals surface area contributed by atoms with E-state index in [-0.39, 0.29) is 23.2 Å². The van der Waals surface area contributed by atoms with Gasteiger partial charge in [-0.15, -0.1) is 0 Å². The molecule has 1 saturated carbocycles. The summed E-state index contributed by atoms with van der Waals surface area (Å²) >= 11 is 0. The zero-order valence-corrected chi connectivity index (χ0v) is 18.6. The van der Waals surface area contributed by atoms with Crippen molar-refractivity contribution in [2.24, 2.45) is 0 Å². The Morgan fingerprint density at radius 1 is 1.09 bits per heavy atom. The lowest BCUT2D eigenvalue weighted by atomic mass is 9.65. The maximum Gasteiger partial charge on any atom is 0.319 e. The molecule has 2 aliphatic rings. The Bertz CT molecular complexity index is 1050. The van der Waals surface area contributed by atoms with Crippen molar-refractivity contribution in [3.05, 3.63) is 53.6 Å². The molecule has 0 spiro atoms. The Morgan fingerprint density at radius 3 is 2.58 bits per heavy atom. The van der Waals surface area contributed by atoms with Crippen LogP contribution in [0.5, 0.6) is 11.5 Å². The van der Waals surface area contributed by atoms with Crippen molar-refractivity contribution in [2.75, 3.05) is 26.1 Å². The van der Waals surface area contributed by atoms with Crippen LogP contribution in [0.2, 0.25) is 0 Å². The van der Waals surface area contributed by atoms with Crippen LogP contribution < -0.4 is 20.1 Å². The summed E-state index contributed by atoms with van der Waals surface area (Å²) < 4.78 is 37.4. The Kier molecular flexibility index (Phi) is 6.40. The van der Waals surface area contributed by atoms with Crippen LogP contribution >= 0.6 is 0 Å². The monoisotopic (exact) mass is 459 g/mol. The van der Waals surface area contributed by atoms with Gasteiger partial charge in [0.25, 0.3) is 0 Å². The molecule has 0 radical (unpaired) electrons. The number of nitrogens with one attached hydrogen (secondary N) is 2. The van der Waals surface area contributed by atoms with Crippen molar-refractivity contribution in [3.63, 3.8) is 0 Å². The van der Waals surface area contributed by atoms with Crippen LogP contribution in [0.25, 0.3) is 0 Å². The number of carbonyl (C=O) groups excluding carboxylic acids is 2. The third kappa shape index (κ3) is 4.31. The topological polar surface area (TPSA) is 79.9 Å². The van der Waals surface area contributed by atoms with Crippen LogP contribution in [0.15, 0.2) is 36.4 Å². The van der Waals surface area contributed by atoms with Gasteiger partial charge in [-0.1, -0.05) is 6.07 Å². The second-order valence-corrected chi connectivity index (χ2v) is 8.53. The second kappa shape index (κ2) is 9.25. The summed E-state index contributed by atoms with van der Waals surface area (Å²) in [5.41, 5.74) is 1.01. The quantitative estimate of drug-likeness (QED) is 0.644. The van der Waals surface area contributed by atoms with Gasteiger partial charge in [0.2, 0.25) is 6.41 Å². The molecule has 9 heteroatoms.